The van der Waals surface area contributed by atoms with Crippen LogP contribution in [-0.4, -0.2) is 42.0 Å². The van der Waals surface area contributed by atoms with Gasteiger partial charge in [-0.25, -0.2) is 13.2 Å². The molecular weight excluding hydrogens is 405 g/mol. The number of fused-ring (bicyclic) bond motifs is 2. The van der Waals surface area contributed by atoms with Gasteiger partial charge in [-0.2, -0.15) is 0 Å². The molecule has 0 spiro atoms. The molecule has 4 aliphatic rings. The molecule has 2 aliphatic heterocycles. The maximum absolute atomic E-state index is 14.1. The highest BCUT2D eigenvalue weighted by atomic mass is 19.2. The molecule has 6 atom stereocenters. The Balaban J connectivity index is 1.26. The van der Waals surface area contributed by atoms with Gasteiger partial charge in [-0.3, -0.25) is 0 Å². The molecule has 3 heterocycles. The van der Waals surface area contributed by atoms with Crippen LogP contribution in [0, 0.1) is 47.0 Å². The quantitative estimate of drug-likeness (QED) is 0.754. The third-order valence-corrected chi connectivity index (χ3v) is 7.97. The lowest BCUT2D eigenvalue weighted by molar-refractivity contribution is 0.146. The zero-order chi connectivity index (χ0) is 21.3. The van der Waals surface area contributed by atoms with E-state index in [-0.39, 0.29) is 17.3 Å². The van der Waals surface area contributed by atoms with Crippen molar-refractivity contribution in [2.24, 2.45) is 35.3 Å². The monoisotopic (exact) mass is 430 g/mol. The summed E-state index contributed by atoms with van der Waals surface area (Å²) < 4.78 is 46.9. The van der Waals surface area contributed by atoms with Crippen molar-refractivity contribution in [1.29, 1.82) is 0 Å². The van der Waals surface area contributed by atoms with Crippen LogP contribution in [0.1, 0.15) is 19.3 Å². The second-order valence-corrected chi connectivity index (χ2v) is 9.67. The van der Waals surface area contributed by atoms with Crippen molar-refractivity contribution in [1.82, 2.24) is 10.2 Å². The van der Waals surface area contributed by atoms with Crippen molar-refractivity contribution in [3.05, 3.63) is 41.7 Å². The van der Waals surface area contributed by atoms with E-state index < -0.39 is 17.5 Å². The molecule has 2 aliphatic carbocycles. The molecule has 4 unspecified atom stereocenters. The molecule has 0 amide bonds. The highest BCUT2D eigenvalue weighted by Crippen LogP contribution is 2.56. The number of nitrogens with two attached hydrogens (primary N) is 1. The molecule has 164 valence electrons. The first-order valence-corrected chi connectivity index (χ1v) is 11.1. The van der Waals surface area contributed by atoms with Crippen molar-refractivity contribution < 1.29 is 17.9 Å². The van der Waals surface area contributed by atoms with E-state index in [1.54, 1.807) is 12.1 Å². The van der Waals surface area contributed by atoms with E-state index in [0.717, 1.165) is 50.9 Å². The van der Waals surface area contributed by atoms with Crippen LogP contribution in [0.15, 0.2) is 24.3 Å². The lowest BCUT2D eigenvalue weighted by atomic mass is 9.90. The third kappa shape index (κ3) is 3.22. The molecular formula is C23H25F3N4O. The van der Waals surface area contributed by atoms with Crippen LogP contribution in [-0.2, 0) is 4.74 Å². The Morgan fingerprint density at radius 3 is 2.58 bits per heavy atom. The van der Waals surface area contributed by atoms with Crippen LogP contribution >= 0.6 is 0 Å². The molecule has 2 aromatic rings. The first-order chi connectivity index (χ1) is 15.0. The minimum Gasteiger partial charge on any atom is -0.381 e. The number of halogens is 3. The van der Waals surface area contributed by atoms with E-state index in [2.05, 4.69) is 15.1 Å². The van der Waals surface area contributed by atoms with Gasteiger partial charge in [0.25, 0.3) is 0 Å². The average Bonchev–Trinajstić information content (AvgIpc) is 3.12. The normalized spacial score (nSPS) is 36.0. The summed E-state index contributed by atoms with van der Waals surface area (Å²) in [5, 5.41) is 8.46. The van der Waals surface area contributed by atoms with E-state index in [4.69, 9.17) is 10.5 Å². The Labute approximate surface area is 178 Å². The SMILES string of the molecule is NC1CC2CN(c3ccc(-c4cc(F)cc(F)c4F)nn3)C(CC3[C@@H]4COC[C@@H]34)C2C1. The van der Waals surface area contributed by atoms with Crippen molar-refractivity contribution in [3.8, 4) is 11.3 Å². The number of benzene rings is 1. The van der Waals surface area contributed by atoms with Crippen LogP contribution in [0.5, 0.6) is 0 Å². The van der Waals surface area contributed by atoms with E-state index >= 15 is 0 Å². The zero-order valence-corrected chi connectivity index (χ0v) is 17.1. The van der Waals surface area contributed by atoms with Crippen LogP contribution in [0.4, 0.5) is 19.0 Å². The fourth-order valence-electron chi connectivity index (χ4n) is 6.42. The van der Waals surface area contributed by atoms with E-state index in [1.807, 2.05) is 0 Å². The Morgan fingerprint density at radius 1 is 1.03 bits per heavy atom. The molecule has 1 aromatic carbocycles. The Morgan fingerprint density at radius 2 is 1.84 bits per heavy atom. The smallest absolute Gasteiger partial charge is 0.168 e. The van der Waals surface area contributed by atoms with Gasteiger partial charge in [0, 0.05) is 30.3 Å². The number of ether oxygens (including phenoxy) is 1. The van der Waals surface area contributed by atoms with Crippen molar-refractivity contribution in [3.63, 3.8) is 0 Å². The van der Waals surface area contributed by atoms with Crippen molar-refractivity contribution in [2.75, 3.05) is 24.7 Å². The largest absolute Gasteiger partial charge is 0.381 e. The van der Waals surface area contributed by atoms with Crippen LogP contribution in [0.25, 0.3) is 11.3 Å². The molecule has 2 saturated heterocycles. The summed E-state index contributed by atoms with van der Waals surface area (Å²) >= 11 is 0. The molecule has 6 rings (SSSR count). The molecule has 1 aromatic heterocycles. The Hall–Kier alpha value is -2.19. The summed E-state index contributed by atoms with van der Waals surface area (Å²) in [4.78, 5) is 2.33. The molecule has 2 saturated carbocycles. The second kappa shape index (κ2) is 7.17. The number of anilines is 1. The Kier molecular flexibility index (Phi) is 4.51. The predicted molar refractivity (Wildman–Crippen MR) is 109 cm³/mol. The minimum absolute atomic E-state index is 0.117. The van der Waals surface area contributed by atoms with Gasteiger partial charge < -0.3 is 15.4 Å². The summed E-state index contributed by atoms with van der Waals surface area (Å²) in [6.45, 7) is 2.64. The summed E-state index contributed by atoms with van der Waals surface area (Å²) in [7, 11) is 0. The number of aromatic nitrogens is 2. The van der Waals surface area contributed by atoms with Crippen LogP contribution in [0.3, 0.4) is 0 Å². The van der Waals surface area contributed by atoms with Crippen LogP contribution in [0.2, 0.25) is 0 Å². The maximum atomic E-state index is 14.1. The van der Waals surface area contributed by atoms with Gasteiger partial charge >= 0.3 is 0 Å². The van der Waals surface area contributed by atoms with Gasteiger partial charge in [-0.05, 0) is 67.1 Å². The fraction of sp³-hybridized carbons (Fsp3) is 0.565. The first-order valence-electron chi connectivity index (χ1n) is 11.1. The van der Waals surface area contributed by atoms with E-state index in [9.17, 15) is 13.2 Å². The van der Waals surface area contributed by atoms with E-state index in [1.165, 1.54) is 0 Å². The number of hydrogen-bond acceptors (Lipinski definition) is 5. The van der Waals surface area contributed by atoms with Gasteiger partial charge in [-0.15, -0.1) is 10.2 Å². The average molecular weight is 430 g/mol. The molecule has 0 radical (unpaired) electrons. The molecule has 0 bridgehead atoms. The summed E-state index contributed by atoms with van der Waals surface area (Å²) in [5.74, 6) is 0.717. The third-order valence-electron chi connectivity index (χ3n) is 7.97. The molecule has 8 heteroatoms. The highest BCUT2D eigenvalue weighted by Gasteiger charge is 2.57. The summed E-state index contributed by atoms with van der Waals surface area (Å²) in [6.07, 6.45) is 3.17. The number of rotatable bonds is 4. The highest BCUT2D eigenvalue weighted by molar-refractivity contribution is 5.61. The van der Waals surface area contributed by atoms with E-state index in [0.29, 0.717) is 41.7 Å². The summed E-state index contributed by atoms with van der Waals surface area (Å²) in [6, 6.07) is 5.47. The molecule has 4 fully saturated rings. The topological polar surface area (TPSA) is 64.3 Å². The van der Waals surface area contributed by atoms with Gasteiger partial charge in [0.2, 0.25) is 0 Å². The lowest BCUT2D eigenvalue weighted by Crippen LogP contribution is -2.36. The van der Waals surface area contributed by atoms with Gasteiger partial charge in [0.15, 0.2) is 17.5 Å². The zero-order valence-electron chi connectivity index (χ0n) is 17.1. The minimum atomic E-state index is -1.23. The van der Waals surface area contributed by atoms with Gasteiger partial charge in [-0.1, -0.05) is 0 Å². The molecule has 2 N–H and O–H groups in total. The molecule has 31 heavy (non-hydrogen) atoms. The Bertz CT molecular complexity index is 993. The molecule has 5 nitrogen and oxygen atoms in total. The number of hydrogen-bond donors (Lipinski definition) is 1. The van der Waals surface area contributed by atoms with Gasteiger partial charge in [0.05, 0.1) is 18.9 Å². The van der Waals surface area contributed by atoms with Crippen molar-refractivity contribution in [2.45, 2.75) is 31.3 Å². The van der Waals surface area contributed by atoms with Crippen LogP contribution < -0.4 is 10.6 Å². The predicted octanol–water partition coefficient (Wildman–Crippen LogP) is 3.39. The lowest BCUT2D eigenvalue weighted by Gasteiger charge is -2.30. The van der Waals surface area contributed by atoms with Gasteiger partial charge in [0.1, 0.15) is 5.82 Å². The fourth-order valence-corrected chi connectivity index (χ4v) is 6.42. The second-order valence-electron chi connectivity index (χ2n) is 9.67. The summed E-state index contributed by atoms with van der Waals surface area (Å²) in [5.41, 5.74) is 6.17. The first kappa shape index (κ1) is 19.5. The maximum Gasteiger partial charge on any atom is 0.168 e. The number of nitrogens with zero attached hydrogens (tertiary/aromatic N) is 3. The van der Waals surface area contributed by atoms with Crippen molar-refractivity contribution >= 4 is 5.82 Å². The standard InChI is InChI=1S/C23H25F3N4O/c24-12-4-16(23(26)19(25)5-12)20-1-2-22(29-28-20)30-8-11-3-13(27)6-14(11)21(30)7-15-17-9-31-10-18(15)17/h1-2,4-5,11,13-15,17-18,21H,3,6-10,27H2/t11?,13?,14?,17-,18-,21?/m0/s1.